The van der Waals surface area contributed by atoms with Gasteiger partial charge in [0.1, 0.15) is 5.76 Å². The highest BCUT2D eigenvalue weighted by Crippen LogP contribution is 2.28. The normalized spacial score (nSPS) is 11.9. The highest BCUT2D eigenvalue weighted by atomic mass is 16.6. The number of ether oxygens (including phenoxy) is 3. The predicted octanol–water partition coefficient (Wildman–Crippen LogP) is 2.97. The first kappa shape index (κ1) is 20.0. The molecule has 1 aromatic carbocycles. The van der Waals surface area contributed by atoms with E-state index in [4.69, 9.17) is 18.7 Å². The quantitative estimate of drug-likeness (QED) is 0.709. The Kier molecular flexibility index (Phi) is 6.99. The Bertz CT molecular complexity index is 827. The molecule has 0 spiro atoms. The van der Waals surface area contributed by atoms with Crippen molar-refractivity contribution in [3.8, 4) is 11.5 Å². The number of nitrogens with zero attached hydrogens (tertiary/aromatic N) is 1. The maximum atomic E-state index is 12.0. The molecule has 0 aliphatic rings. The maximum Gasteiger partial charge on any atom is 0.344 e. The van der Waals surface area contributed by atoms with Gasteiger partial charge in [-0.15, -0.1) is 0 Å². The van der Waals surface area contributed by atoms with E-state index in [0.717, 1.165) is 5.56 Å². The highest BCUT2D eigenvalue weighted by molar-refractivity contribution is 5.94. The average Bonchev–Trinajstić information content (AvgIpc) is 3.05. The second-order valence-electron chi connectivity index (χ2n) is 5.64. The first-order chi connectivity index (χ1) is 12.9. The predicted molar refractivity (Wildman–Crippen MR) is 98.6 cm³/mol. The van der Waals surface area contributed by atoms with Crippen molar-refractivity contribution in [2.24, 2.45) is 0 Å². The number of esters is 1. The third kappa shape index (κ3) is 5.88. The van der Waals surface area contributed by atoms with Crippen LogP contribution in [0, 0.1) is 6.92 Å². The number of nitrogens with one attached hydrogen (secondary N) is 1. The summed E-state index contributed by atoms with van der Waals surface area (Å²) in [6, 6.07) is 6.87. The smallest absolute Gasteiger partial charge is 0.344 e. The summed E-state index contributed by atoms with van der Waals surface area (Å²) in [6.07, 6.45) is 2.80. The molecule has 1 atom stereocenters. The van der Waals surface area contributed by atoms with Gasteiger partial charge in [0, 0.05) is 6.07 Å². The summed E-state index contributed by atoms with van der Waals surface area (Å²) in [5, 5.41) is 6.13. The van der Waals surface area contributed by atoms with Crippen LogP contribution in [0.4, 0.5) is 5.82 Å². The van der Waals surface area contributed by atoms with Crippen molar-refractivity contribution in [2.45, 2.75) is 26.9 Å². The number of amides is 1. The molecule has 0 bridgehead atoms. The minimum atomic E-state index is -1.02. The number of allylic oxidation sites excluding steroid dienone is 1. The molecule has 144 valence electrons. The van der Waals surface area contributed by atoms with Crippen molar-refractivity contribution in [1.82, 2.24) is 5.16 Å². The molecule has 2 rings (SSSR count). The van der Waals surface area contributed by atoms with Gasteiger partial charge in [0.05, 0.1) is 7.11 Å². The Balaban J connectivity index is 1.87. The number of hydrogen-bond acceptors (Lipinski definition) is 7. The number of carbonyl (C=O) groups is 2. The lowest BCUT2D eigenvalue weighted by Crippen LogP contribution is -2.31. The zero-order valence-corrected chi connectivity index (χ0v) is 15.6. The van der Waals surface area contributed by atoms with E-state index in [0.29, 0.717) is 17.3 Å². The molecule has 1 amide bonds. The topological polar surface area (TPSA) is 99.9 Å². The van der Waals surface area contributed by atoms with E-state index in [-0.39, 0.29) is 12.4 Å². The molecule has 27 heavy (non-hydrogen) atoms. The molecular formula is C19H22N2O6. The van der Waals surface area contributed by atoms with Crippen molar-refractivity contribution in [3.63, 3.8) is 0 Å². The summed E-state index contributed by atoms with van der Waals surface area (Å²) >= 11 is 0. The number of aromatic nitrogens is 1. The SMILES string of the molecule is C/C=C/c1ccc(OCC(=O)O[C@H](C)C(=O)Nc2cc(C)on2)c(OC)c1. The van der Waals surface area contributed by atoms with Gasteiger partial charge in [-0.25, -0.2) is 4.79 Å². The molecule has 0 saturated carbocycles. The van der Waals surface area contributed by atoms with Crippen LogP contribution in [0.3, 0.4) is 0 Å². The van der Waals surface area contributed by atoms with E-state index in [1.165, 1.54) is 14.0 Å². The number of methoxy groups -OCH3 is 1. The van der Waals surface area contributed by atoms with E-state index in [1.807, 2.05) is 25.1 Å². The van der Waals surface area contributed by atoms with Gasteiger partial charge in [-0.2, -0.15) is 0 Å². The Hall–Kier alpha value is -3.29. The van der Waals surface area contributed by atoms with Gasteiger partial charge in [0.2, 0.25) is 0 Å². The first-order valence-electron chi connectivity index (χ1n) is 8.30. The fraction of sp³-hybridized carbons (Fsp3) is 0.316. The molecule has 0 saturated heterocycles. The third-order valence-electron chi connectivity index (χ3n) is 3.45. The lowest BCUT2D eigenvalue weighted by atomic mass is 10.2. The molecule has 0 aliphatic heterocycles. The third-order valence-corrected chi connectivity index (χ3v) is 3.45. The van der Waals surface area contributed by atoms with Crippen LogP contribution >= 0.6 is 0 Å². The summed E-state index contributed by atoms with van der Waals surface area (Å²) in [4.78, 5) is 23.9. The van der Waals surface area contributed by atoms with Crippen LogP contribution < -0.4 is 14.8 Å². The van der Waals surface area contributed by atoms with Gasteiger partial charge in [0.15, 0.2) is 30.0 Å². The number of hydrogen-bond donors (Lipinski definition) is 1. The van der Waals surface area contributed by atoms with Crippen LogP contribution in [0.1, 0.15) is 25.2 Å². The molecule has 2 aromatic rings. The van der Waals surface area contributed by atoms with E-state index in [2.05, 4.69) is 10.5 Å². The van der Waals surface area contributed by atoms with Crippen LogP contribution in [-0.2, 0) is 14.3 Å². The standard InChI is InChI=1S/C19H22N2O6/c1-5-6-14-7-8-15(16(10-14)24-4)25-11-18(22)26-13(3)19(23)20-17-9-12(2)27-21-17/h5-10,13H,11H2,1-4H3,(H,20,21,23)/b6-5+/t13-/m1/s1. The molecule has 8 heteroatoms. The lowest BCUT2D eigenvalue weighted by Gasteiger charge is -2.14. The Morgan fingerprint density at radius 2 is 2.07 bits per heavy atom. The molecule has 0 unspecified atom stereocenters. The summed E-state index contributed by atoms with van der Waals surface area (Å²) in [5.41, 5.74) is 0.942. The second-order valence-corrected chi connectivity index (χ2v) is 5.64. The fourth-order valence-electron chi connectivity index (χ4n) is 2.17. The summed E-state index contributed by atoms with van der Waals surface area (Å²) in [5.74, 6) is 0.488. The maximum absolute atomic E-state index is 12.0. The van der Waals surface area contributed by atoms with Gasteiger partial charge >= 0.3 is 5.97 Å². The van der Waals surface area contributed by atoms with Crippen LogP contribution in [0.15, 0.2) is 34.9 Å². The van der Waals surface area contributed by atoms with E-state index < -0.39 is 18.0 Å². The molecule has 8 nitrogen and oxygen atoms in total. The molecular weight excluding hydrogens is 352 g/mol. The highest BCUT2D eigenvalue weighted by Gasteiger charge is 2.20. The lowest BCUT2D eigenvalue weighted by molar-refractivity contribution is -0.155. The molecule has 0 fully saturated rings. The van der Waals surface area contributed by atoms with Gasteiger partial charge in [-0.05, 0) is 38.5 Å². The molecule has 1 aromatic heterocycles. The summed E-state index contributed by atoms with van der Waals surface area (Å²) in [7, 11) is 1.51. The van der Waals surface area contributed by atoms with Crippen molar-refractivity contribution < 1.29 is 28.3 Å². The summed E-state index contributed by atoms with van der Waals surface area (Å²) < 4.78 is 20.6. The van der Waals surface area contributed by atoms with Crippen LogP contribution in [0.25, 0.3) is 6.08 Å². The van der Waals surface area contributed by atoms with E-state index >= 15 is 0 Å². The van der Waals surface area contributed by atoms with Crippen LogP contribution in [0.2, 0.25) is 0 Å². The van der Waals surface area contributed by atoms with Crippen molar-refractivity contribution in [2.75, 3.05) is 19.0 Å². The summed E-state index contributed by atoms with van der Waals surface area (Å²) in [6.45, 7) is 4.70. The average molecular weight is 374 g/mol. The molecule has 1 heterocycles. The van der Waals surface area contributed by atoms with Crippen molar-refractivity contribution in [1.29, 1.82) is 0 Å². The van der Waals surface area contributed by atoms with Crippen LogP contribution in [-0.4, -0.2) is 36.9 Å². The number of aryl methyl sites for hydroxylation is 1. The fourth-order valence-corrected chi connectivity index (χ4v) is 2.17. The Labute approximate surface area is 157 Å². The van der Waals surface area contributed by atoms with Crippen molar-refractivity contribution in [3.05, 3.63) is 41.7 Å². The number of anilines is 1. The Morgan fingerprint density at radius 1 is 1.30 bits per heavy atom. The monoisotopic (exact) mass is 374 g/mol. The zero-order valence-electron chi connectivity index (χ0n) is 15.6. The Morgan fingerprint density at radius 3 is 2.70 bits per heavy atom. The first-order valence-corrected chi connectivity index (χ1v) is 8.30. The van der Waals surface area contributed by atoms with E-state index in [9.17, 15) is 9.59 Å². The minimum Gasteiger partial charge on any atom is -0.493 e. The zero-order chi connectivity index (χ0) is 19.8. The minimum absolute atomic E-state index is 0.252. The van der Waals surface area contributed by atoms with Gasteiger partial charge in [0.25, 0.3) is 5.91 Å². The molecule has 0 aliphatic carbocycles. The van der Waals surface area contributed by atoms with Gasteiger partial charge in [-0.3, -0.25) is 4.79 Å². The van der Waals surface area contributed by atoms with Gasteiger partial charge < -0.3 is 24.1 Å². The number of benzene rings is 1. The van der Waals surface area contributed by atoms with Gasteiger partial charge in [-0.1, -0.05) is 23.4 Å². The van der Waals surface area contributed by atoms with Crippen molar-refractivity contribution >= 4 is 23.8 Å². The number of carbonyl (C=O) groups excluding carboxylic acids is 2. The van der Waals surface area contributed by atoms with E-state index in [1.54, 1.807) is 25.1 Å². The second kappa shape index (κ2) is 9.42. The largest absolute Gasteiger partial charge is 0.493 e. The number of rotatable bonds is 8. The molecule has 0 radical (unpaired) electrons. The van der Waals surface area contributed by atoms with Crippen LogP contribution in [0.5, 0.6) is 11.5 Å². The molecule has 1 N–H and O–H groups in total.